The van der Waals surface area contributed by atoms with Crippen LogP contribution in [0.25, 0.3) is 0 Å². The third-order valence-corrected chi connectivity index (χ3v) is 5.22. The Balaban J connectivity index is 1.88. The molecule has 2 heterocycles. The first-order valence-corrected chi connectivity index (χ1v) is 8.34. The molecule has 1 atom stereocenters. The third kappa shape index (κ3) is 3.91. The molecule has 1 aliphatic heterocycles. The zero-order valence-electron chi connectivity index (χ0n) is 13.2. The van der Waals surface area contributed by atoms with Crippen molar-refractivity contribution in [2.45, 2.75) is 32.4 Å². The van der Waals surface area contributed by atoms with E-state index >= 15 is 0 Å². The van der Waals surface area contributed by atoms with Crippen molar-refractivity contribution in [3.63, 3.8) is 0 Å². The Labute approximate surface area is 130 Å². The first-order chi connectivity index (χ1) is 9.95. The number of aryl methyl sites for hydroxylation is 2. The van der Waals surface area contributed by atoms with Gasteiger partial charge in [0.1, 0.15) is 0 Å². The van der Waals surface area contributed by atoms with Gasteiger partial charge >= 0.3 is 0 Å². The zero-order valence-corrected chi connectivity index (χ0v) is 14.0. The van der Waals surface area contributed by atoms with Gasteiger partial charge < -0.3 is 15.7 Å². The van der Waals surface area contributed by atoms with Crippen LogP contribution in [-0.4, -0.2) is 51.5 Å². The lowest BCUT2D eigenvalue weighted by molar-refractivity contribution is 0.0724. The predicted molar refractivity (Wildman–Crippen MR) is 87.8 cm³/mol. The molecule has 0 bridgehead atoms. The number of hydrogen-bond donors (Lipinski definition) is 3. The van der Waals surface area contributed by atoms with Crippen LogP contribution in [0.5, 0.6) is 0 Å². The Kier molecular flexibility index (Phi) is 5.16. The number of nitrogens with zero attached hydrogens (tertiary/aromatic N) is 3. The fraction of sp³-hybridized carbons (Fsp3) is 0.714. The summed E-state index contributed by atoms with van der Waals surface area (Å²) in [6, 6.07) is 0. The van der Waals surface area contributed by atoms with E-state index in [1.165, 1.54) is 5.56 Å². The Morgan fingerprint density at radius 1 is 1.48 bits per heavy atom. The van der Waals surface area contributed by atoms with Gasteiger partial charge in [-0.3, -0.25) is 9.67 Å². The molecule has 0 spiro atoms. The second-order valence-electron chi connectivity index (χ2n) is 5.58. The number of aliphatic imine (C=N–C) groups is 1. The van der Waals surface area contributed by atoms with Crippen LogP contribution in [0.15, 0.2) is 4.99 Å². The number of guanidine groups is 1. The average Bonchev–Trinajstić information content (AvgIpc) is 2.98. The highest BCUT2D eigenvalue weighted by Crippen LogP contribution is 2.26. The van der Waals surface area contributed by atoms with Crippen molar-refractivity contribution in [2.75, 3.05) is 25.1 Å². The van der Waals surface area contributed by atoms with Gasteiger partial charge in [0, 0.05) is 44.2 Å². The molecule has 0 aromatic carbocycles. The van der Waals surface area contributed by atoms with Crippen LogP contribution in [0, 0.1) is 13.8 Å². The Hall–Kier alpha value is -1.21. The van der Waals surface area contributed by atoms with E-state index < -0.39 is 5.60 Å². The number of rotatable bonds is 4. The van der Waals surface area contributed by atoms with Crippen molar-refractivity contribution in [1.82, 2.24) is 20.4 Å². The van der Waals surface area contributed by atoms with Crippen molar-refractivity contribution in [3.05, 3.63) is 17.0 Å². The lowest BCUT2D eigenvalue weighted by Gasteiger charge is -2.23. The molecule has 0 amide bonds. The molecule has 118 valence electrons. The molecule has 0 aliphatic carbocycles. The summed E-state index contributed by atoms with van der Waals surface area (Å²) in [5.41, 5.74) is 2.77. The summed E-state index contributed by atoms with van der Waals surface area (Å²) in [5.74, 6) is 2.53. The molecular formula is C14H25N5OS. The van der Waals surface area contributed by atoms with Crippen LogP contribution in [0.3, 0.4) is 0 Å². The number of aliphatic hydroxyl groups is 1. The quantitative estimate of drug-likeness (QED) is 0.560. The van der Waals surface area contributed by atoms with Crippen LogP contribution >= 0.6 is 11.8 Å². The maximum absolute atomic E-state index is 10.3. The molecule has 0 radical (unpaired) electrons. The normalized spacial score (nSPS) is 22.6. The molecule has 1 fully saturated rings. The van der Waals surface area contributed by atoms with E-state index in [0.29, 0.717) is 19.0 Å². The minimum Gasteiger partial charge on any atom is -0.387 e. The van der Waals surface area contributed by atoms with Gasteiger partial charge in [0.2, 0.25) is 0 Å². The van der Waals surface area contributed by atoms with Crippen LogP contribution < -0.4 is 10.6 Å². The monoisotopic (exact) mass is 311 g/mol. The number of aromatic nitrogens is 2. The maximum atomic E-state index is 10.3. The molecule has 1 aromatic rings. The van der Waals surface area contributed by atoms with E-state index in [-0.39, 0.29) is 0 Å². The maximum Gasteiger partial charge on any atom is 0.191 e. The molecule has 21 heavy (non-hydrogen) atoms. The molecule has 2 rings (SSSR count). The fourth-order valence-corrected chi connectivity index (χ4v) is 3.75. The first-order valence-electron chi connectivity index (χ1n) is 7.19. The SMILES string of the molecule is CN=C(NCc1c(C)nn(C)c1C)NCC1(O)CCSC1. The highest BCUT2D eigenvalue weighted by atomic mass is 32.2. The van der Waals surface area contributed by atoms with Crippen LogP contribution in [0.1, 0.15) is 23.4 Å². The predicted octanol–water partition coefficient (Wildman–Crippen LogP) is 0.570. The summed E-state index contributed by atoms with van der Waals surface area (Å²) in [6.45, 7) is 5.29. The first kappa shape index (κ1) is 16.2. The molecule has 7 heteroatoms. The second-order valence-corrected chi connectivity index (χ2v) is 6.68. The minimum absolute atomic E-state index is 0.532. The van der Waals surface area contributed by atoms with Gasteiger partial charge in [-0.2, -0.15) is 16.9 Å². The van der Waals surface area contributed by atoms with Crippen molar-refractivity contribution in [1.29, 1.82) is 0 Å². The minimum atomic E-state index is -0.609. The topological polar surface area (TPSA) is 74.5 Å². The standard InChI is InChI=1S/C14H25N5OS/c1-10-12(11(2)19(4)18-10)7-16-13(15-3)17-8-14(20)5-6-21-9-14/h20H,5-9H2,1-4H3,(H2,15,16,17). The summed E-state index contributed by atoms with van der Waals surface area (Å²) < 4.78 is 1.89. The van der Waals surface area contributed by atoms with E-state index in [0.717, 1.165) is 29.3 Å². The lowest BCUT2D eigenvalue weighted by atomic mass is 10.0. The van der Waals surface area contributed by atoms with Gasteiger partial charge in [0.15, 0.2) is 5.96 Å². The van der Waals surface area contributed by atoms with E-state index in [1.54, 1.807) is 18.8 Å². The highest BCUT2D eigenvalue weighted by molar-refractivity contribution is 7.99. The van der Waals surface area contributed by atoms with Crippen LogP contribution in [-0.2, 0) is 13.6 Å². The van der Waals surface area contributed by atoms with Gasteiger partial charge in [0.05, 0.1) is 11.3 Å². The van der Waals surface area contributed by atoms with Crippen molar-refractivity contribution in [2.24, 2.45) is 12.0 Å². The van der Waals surface area contributed by atoms with Crippen molar-refractivity contribution in [3.8, 4) is 0 Å². The van der Waals surface area contributed by atoms with E-state index in [4.69, 9.17) is 0 Å². The number of thioether (sulfide) groups is 1. The summed E-state index contributed by atoms with van der Waals surface area (Å²) in [7, 11) is 3.69. The van der Waals surface area contributed by atoms with Crippen LogP contribution in [0.4, 0.5) is 0 Å². The highest BCUT2D eigenvalue weighted by Gasteiger charge is 2.31. The van der Waals surface area contributed by atoms with Crippen molar-refractivity contribution < 1.29 is 5.11 Å². The lowest BCUT2D eigenvalue weighted by Crippen LogP contribution is -2.47. The zero-order chi connectivity index (χ0) is 15.5. The summed E-state index contributed by atoms with van der Waals surface area (Å²) in [6.07, 6.45) is 0.836. The molecule has 3 N–H and O–H groups in total. The molecule has 6 nitrogen and oxygen atoms in total. The summed E-state index contributed by atoms with van der Waals surface area (Å²) in [4.78, 5) is 4.21. The van der Waals surface area contributed by atoms with Gasteiger partial charge in [-0.05, 0) is 26.0 Å². The van der Waals surface area contributed by atoms with E-state index in [1.807, 2.05) is 18.7 Å². The van der Waals surface area contributed by atoms with E-state index in [2.05, 4.69) is 27.6 Å². The molecular weight excluding hydrogens is 286 g/mol. The smallest absolute Gasteiger partial charge is 0.191 e. The molecule has 1 aromatic heterocycles. The van der Waals surface area contributed by atoms with Gasteiger partial charge in [-0.25, -0.2) is 0 Å². The third-order valence-electron chi connectivity index (χ3n) is 3.98. The molecule has 1 aliphatic rings. The summed E-state index contributed by atoms with van der Waals surface area (Å²) in [5, 5.41) is 21.2. The molecule has 1 saturated heterocycles. The second kappa shape index (κ2) is 6.70. The van der Waals surface area contributed by atoms with Gasteiger partial charge in [-0.15, -0.1) is 0 Å². The van der Waals surface area contributed by atoms with Crippen LogP contribution in [0.2, 0.25) is 0 Å². The molecule has 0 saturated carbocycles. The molecule has 1 unspecified atom stereocenters. The Morgan fingerprint density at radius 2 is 2.24 bits per heavy atom. The largest absolute Gasteiger partial charge is 0.387 e. The summed E-state index contributed by atoms with van der Waals surface area (Å²) >= 11 is 1.80. The van der Waals surface area contributed by atoms with E-state index in [9.17, 15) is 5.11 Å². The van der Waals surface area contributed by atoms with Crippen molar-refractivity contribution >= 4 is 17.7 Å². The number of nitrogens with one attached hydrogen (secondary N) is 2. The Bertz CT molecular complexity index is 520. The fourth-order valence-electron chi connectivity index (χ4n) is 2.45. The van der Waals surface area contributed by atoms with Gasteiger partial charge in [-0.1, -0.05) is 0 Å². The Morgan fingerprint density at radius 3 is 2.76 bits per heavy atom. The average molecular weight is 311 g/mol. The number of hydrogen-bond acceptors (Lipinski definition) is 4. The van der Waals surface area contributed by atoms with Gasteiger partial charge in [0.25, 0.3) is 0 Å².